The highest BCUT2D eigenvalue weighted by molar-refractivity contribution is 5.94. The van der Waals surface area contributed by atoms with Crippen LogP contribution < -0.4 is 11.1 Å². The summed E-state index contributed by atoms with van der Waals surface area (Å²) in [6.07, 6.45) is 9.85. The number of nitrogens with two attached hydrogens (primary N) is 1. The third kappa shape index (κ3) is 3.64. The number of hydrogen-bond acceptors (Lipinski definition) is 5. The molecule has 3 N–H and O–H groups in total. The lowest BCUT2D eigenvalue weighted by Gasteiger charge is -2.17. The molecule has 0 aliphatic heterocycles. The van der Waals surface area contributed by atoms with Crippen molar-refractivity contribution in [1.82, 2.24) is 15.5 Å². The van der Waals surface area contributed by atoms with Gasteiger partial charge in [-0.1, -0.05) is 30.1 Å². The van der Waals surface area contributed by atoms with Gasteiger partial charge in [0.15, 0.2) is 5.82 Å². The number of benzene rings is 1. The quantitative estimate of drug-likeness (QED) is 0.874. The molecule has 1 amide bonds. The van der Waals surface area contributed by atoms with Crippen LogP contribution in [0.2, 0.25) is 0 Å². The summed E-state index contributed by atoms with van der Waals surface area (Å²) in [5, 5.41) is 7.02. The van der Waals surface area contributed by atoms with E-state index in [9.17, 15) is 4.79 Å². The second-order valence-electron chi connectivity index (χ2n) is 7.02. The van der Waals surface area contributed by atoms with Gasteiger partial charge in [0, 0.05) is 17.7 Å². The van der Waals surface area contributed by atoms with Gasteiger partial charge in [-0.2, -0.15) is 4.98 Å². The minimum absolute atomic E-state index is 0.00983. The van der Waals surface area contributed by atoms with Gasteiger partial charge >= 0.3 is 0 Å². The van der Waals surface area contributed by atoms with Gasteiger partial charge in [0.2, 0.25) is 0 Å². The summed E-state index contributed by atoms with van der Waals surface area (Å²) in [5.41, 5.74) is 7.54. The lowest BCUT2D eigenvalue weighted by Crippen LogP contribution is -2.34. The first-order chi connectivity index (χ1) is 12.1. The Hall–Kier alpha value is -2.47. The summed E-state index contributed by atoms with van der Waals surface area (Å²) in [5.74, 6) is 1.03. The molecule has 2 aromatic rings. The summed E-state index contributed by atoms with van der Waals surface area (Å²) < 4.78 is 5.28. The van der Waals surface area contributed by atoms with Crippen LogP contribution in [0.1, 0.15) is 66.2 Å². The lowest BCUT2D eigenvalue weighted by molar-refractivity contribution is 0.0951. The van der Waals surface area contributed by atoms with Crippen LogP contribution in [0.4, 0.5) is 0 Å². The number of carbonyl (C=O) groups excluding carboxylic acids is 1. The van der Waals surface area contributed by atoms with E-state index < -0.39 is 5.54 Å². The van der Waals surface area contributed by atoms with Gasteiger partial charge in [-0.25, -0.2) is 0 Å². The van der Waals surface area contributed by atoms with E-state index in [4.69, 9.17) is 10.3 Å². The molecule has 2 fully saturated rings. The zero-order valence-corrected chi connectivity index (χ0v) is 14.1. The fourth-order valence-corrected chi connectivity index (χ4v) is 3.14. The van der Waals surface area contributed by atoms with Crippen molar-refractivity contribution in [2.24, 2.45) is 5.73 Å². The number of amides is 1. The van der Waals surface area contributed by atoms with E-state index in [1.807, 2.05) is 30.3 Å². The molecule has 2 saturated carbocycles. The summed E-state index contributed by atoms with van der Waals surface area (Å²) in [6, 6.07) is 7.81. The Bertz CT molecular complexity index is 784. The molecule has 6 nitrogen and oxygen atoms in total. The van der Waals surface area contributed by atoms with E-state index in [-0.39, 0.29) is 5.91 Å². The Morgan fingerprint density at radius 2 is 1.92 bits per heavy atom. The second-order valence-corrected chi connectivity index (χ2v) is 7.02. The number of rotatable bonds is 5. The second kappa shape index (κ2) is 6.44. The first-order valence-corrected chi connectivity index (χ1v) is 8.84. The standard InChI is InChI=1S/C19H22N4O2/c20-19(11-1-2-12-19)18-22-16(25-23-18)10-5-13-3-6-14(7-4-13)17(24)21-15-8-9-15/h3-7,10,15H,1-2,8-9,11-12,20H2,(H,21,24)/b10-5+. The number of nitrogens with one attached hydrogen (secondary N) is 1. The molecule has 6 heteroatoms. The molecule has 1 heterocycles. The molecule has 0 spiro atoms. The van der Waals surface area contributed by atoms with Crippen LogP contribution in [-0.2, 0) is 5.54 Å². The van der Waals surface area contributed by atoms with Gasteiger partial charge in [0.25, 0.3) is 11.8 Å². The van der Waals surface area contributed by atoms with Crippen molar-refractivity contribution in [3.63, 3.8) is 0 Å². The Kier molecular flexibility index (Phi) is 4.13. The molecule has 0 unspecified atom stereocenters. The van der Waals surface area contributed by atoms with Crippen LogP contribution in [0.15, 0.2) is 28.8 Å². The van der Waals surface area contributed by atoms with Crippen molar-refractivity contribution >= 4 is 18.1 Å². The van der Waals surface area contributed by atoms with Gasteiger partial charge in [-0.3, -0.25) is 4.79 Å². The topological polar surface area (TPSA) is 94.0 Å². The molecule has 25 heavy (non-hydrogen) atoms. The zero-order valence-electron chi connectivity index (χ0n) is 14.1. The molecular formula is C19H22N4O2. The van der Waals surface area contributed by atoms with Crippen molar-refractivity contribution in [2.45, 2.75) is 50.1 Å². The Morgan fingerprint density at radius 1 is 1.20 bits per heavy atom. The molecule has 2 aliphatic rings. The molecule has 0 atom stereocenters. The third-order valence-corrected chi connectivity index (χ3v) is 4.89. The number of carbonyl (C=O) groups is 1. The predicted octanol–water partition coefficient (Wildman–Crippen LogP) is 2.86. The van der Waals surface area contributed by atoms with Crippen LogP contribution >= 0.6 is 0 Å². The fraction of sp³-hybridized carbons (Fsp3) is 0.421. The number of aromatic nitrogens is 2. The molecular weight excluding hydrogens is 316 g/mol. The average Bonchev–Trinajstić information content (AvgIpc) is 3.11. The van der Waals surface area contributed by atoms with Crippen molar-refractivity contribution in [1.29, 1.82) is 0 Å². The highest BCUT2D eigenvalue weighted by atomic mass is 16.5. The van der Waals surface area contributed by atoms with E-state index in [1.54, 1.807) is 6.08 Å². The maximum atomic E-state index is 12.0. The molecule has 0 saturated heterocycles. The van der Waals surface area contributed by atoms with Gasteiger partial charge in [0.05, 0.1) is 5.54 Å². The minimum Gasteiger partial charge on any atom is -0.349 e. The minimum atomic E-state index is -0.438. The number of hydrogen-bond donors (Lipinski definition) is 2. The van der Waals surface area contributed by atoms with Crippen molar-refractivity contribution in [2.75, 3.05) is 0 Å². The van der Waals surface area contributed by atoms with Gasteiger partial charge in [-0.05, 0) is 49.5 Å². The monoisotopic (exact) mass is 338 g/mol. The van der Waals surface area contributed by atoms with Gasteiger partial charge < -0.3 is 15.6 Å². The molecule has 0 bridgehead atoms. The van der Waals surface area contributed by atoms with Gasteiger partial charge in [0.1, 0.15) is 0 Å². The Balaban J connectivity index is 1.41. The average molecular weight is 338 g/mol. The largest absolute Gasteiger partial charge is 0.349 e. The van der Waals surface area contributed by atoms with Crippen LogP contribution in [0.5, 0.6) is 0 Å². The van der Waals surface area contributed by atoms with E-state index in [1.165, 1.54) is 0 Å². The summed E-state index contributed by atoms with van der Waals surface area (Å²) in [6.45, 7) is 0. The Morgan fingerprint density at radius 3 is 2.60 bits per heavy atom. The molecule has 0 radical (unpaired) electrons. The first kappa shape index (κ1) is 16.0. The Labute approximate surface area is 146 Å². The SMILES string of the molecule is NC1(c2noc(/C=C/c3ccc(C(=O)NC4CC4)cc3)n2)CCCC1. The van der Waals surface area contributed by atoms with Crippen LogP contribution in [0.25, 0.3) is 12.2 Å². The van der Waals surface area contributed by atoms with Crippen molar-refractivity contribution < 1.29 is 9.32 Å². The van der Waals surface area contributed by atoms with Crippen LogP contribution in [-0.4, -0.2) is 22.1 Å². The molecule has 4 rings (SSSR count). The van der Waals surface area contributed by atoms with Crippen molar-refractivity contribution in [3.05, 3.63) is 47.1 Å². The van der Waals surface area contributed by atoms with Crippen LogP contribution in [0, 0.1) is 0 Å². The maximum absolute atomic E-state index is 12.0. The summed E-state index contributed by atoms with van der Waals surface area (Å²) in [4.78, 5) is 16.4. The molecule has 1 aromatic carbocycles. The summed E-state index contributed by atoms with van der Waals surface area (Å²) >= 11 is 0. The van der Waals surface area contributed by atoms with E-state index in [2.05, 4.69) is 15.5 Å². The van der Waals surface area contributed by atoms with E-state index in [0.29, 0.717) is 23.3 Å². The first-order valence-electron chi connectivity index (χ1n) is 8.84. The predicted molar refractivity (Wildman–Crippen MR) is 94.5 cm³/mol. The summed E-state index contributed by atoms with van der Waals surface area (Å²) in [7, 11) is 0. The van der Waals surface area contributed by atoms with Crippen molar-refractivity contribution in [3.8, 4) is 0 Å². The van der Waals surface area contributed by atoms with Gasteiger partial charge in [-0.15, -0.1) is 0 Å². The molecule has 130 valence electrons. The highest BCUT2D eigenvalue weighted by Gasteiger charge is 2.35. The zero-order chi connectivity index (χ0) is 17.3. The van der Waals surface area contributed by atoms with E-state index >= 15 is 0 Å². The number of nitrogens with zero attached hydrogens (tertiary/aromatic N) is 2. The normalized spacial score (nSPS) is 19.4. The fourth-order valence-electron chi connectivity index (χ4n) is 3.14. The lowest BCUT2D eigenvalue weighted by atomic mass is 9.99. The third-order valence-electron chi connectivity index (χ3n) is 4.89. The highest BCUT2D eigenvalue weighted by Crippen LogP contribution is 2.34. The van der Waals surface area contributed by atoms with Crippen LogP contribution in [0.3, 0.4) is 0 Å². The maximum Gasteiger partial charge on any atom is 0.251 e. The smallest absolute Gasteiger partial charge is 0.251 e. The molecule has 1 aromatic heterocycles. The van der Waals surface area contributed by atoms with E-state index in [0.717, 1.165) is 44.1 Å². The molecule has 2 aliphatic carbocycles.